The molecule has 0 bridgehead atoms. The summed E-state index contributed by atoms with van der Waals surface area (Å²) in [6.07, 6.45) is 6.43. The van der Waals surface area contributed by atoms with Gasteiger partial charge in [-0.2, -0.15) is 9.61 Å². The number of piperidine rings is 1. The molecule has 0 unspecified atom stereocenters. The van der Waals surface area contributed by atoms with Crippen molar-refractivity contribution in [2.75, 3.05) is 13.1 Å². The fourth-order valence-electron chi connectivity index (χ4n) is 3.69. The largest absolute Gasteiger partial charge is 0.445 e. The number of aryl methyl sites for hydroxylation is 1. The average Bonchev–Trinajstić information content (AvgIpc) is 3.28. The van der Waals surface area contributed by atoms with Gasteiger partial charge in [-0.3, -0.25) is 4.90 Å². The first-order chi connectivity index (χ1) is 12.3. The van der Waals surface area contributed by atoms with Crippen molar-refractivity contribution in [3.8, 4) is 0 Å². The molecule has 0 atom stereocenters. The number of aromatic nitrogens is 5. The minimum atomic E-state index is 0.416. The van der Waals surface area contributed by atoms with Gasteiger partial charge in [-0.15, -0.1) is 10.2 Å². The van der Waals surface area contributed by atoms with Gasteiger partial charge >= 0.3 is 0 Å². The Morgan fingerprint density at radius 1 is 1.08 bits per heavy atom. The van der Waals surface area contributed by atoms with Crippen LogP contribution < -0.4 is 0 Å². The molecule has 7 heteroatoms. The van der Waals surface area contributed by atoms with Crippen LogP contribution in [0.5, 0.6) is 0 Å². The van der Waals surface area contributed by atoms with E-state index in [1.54, 1.807) is 6.20 Å². The minimum absolute atomic E-state index is 0.416. The zero-order valence-corrected chi connectivity index (χ0v) is 14.4. The third kappa shape index (κ3) is 2.93. The molecule has 1 saturated heterocycles. The van der Waals surface area contributed by atoms with Crippen LogP contribution in [0, 0.1) is 6.92 Å². The standard InChI is InChI=1S/C18H22N6O/c1-12-10-19-17(25-12)11-23-8-6-14(7-9-23)18-21-20-16-5-4-15(13-2-3-13)22-24(16)18/h4-5,10,13-14H,2-3,6-9,11H2,1H3. The lowest BCUT2D eigenvalue weighted by molar-refractivity contribution is 0.183. The van der Waals surface area contributed by atoms with Crippen LogP contribution in [0.1, 0.15) is 60.7 Å². The van der Waals surface area contributed by atoms with Gasteiger partial charge in [-0.1, -0.05) is 0 Å². The van der Waals surface area contributed by atoms with Crippen molar-refractivity contribution in [2.45, 2.75) is 51.0 Å². The third-order valence-corrected chi connectivity index (χ3v) is 5.28. The molecule has 2 aliphatic rings. The molecule has 5 rings (SSSR count). The van der Waals surface area contributed by atoms with E-state index in [1.807, 2.05) is 11.4 Å². The lowest BCUT2D eigenvalue weighted by Crippen LogP contribution is -2.33. The van der Waals surface area contributed by atoms with Gasteiger partial charge in [0.25, 0.3) is 0 Å². The number of likely N-dealkylation sites (tertiary alicyclic amines) is 1. The van der Waals surface area contributed by atoms with Crippen molar-refractivity contribution < 1.29 is 4.42 Å². The second kappa shape index (κ2) is 5.91. The van der Waals surface area contributed by atoms with Crippen molar-refractivity contribution in [3.63, 3.8) is 0 Å². The van der Waals surface area contributed by atoms with Crippen molar-refractivity contribution in [1.82, 2.24) is 29.7 Å². The first-order valence-electron chi connectivity index (χ1n) is 9.12. The summed E-state index contributed by atoms with van der Waals surface area (Å²) in [7, 11) is 0. The Morgan fingerprint density at radius 2 is 1.92 bits per heavy atom. The summed E-state index contributed by atoms with van der Waals surface area (Å²) in [4.78, 5) is 6.70. The van der Waals surface area contributed by atoms with Crippen LogP contribution >= 0.6 is 0 Å². The van der Waals surface area contributed by atoms with Gasteiger partial charge < -0.3 is 4.42 Å². The van der Waals surface area contributed by atoms with Crippen molar-refractivity contribution >= 4 is 5.65 Å². The second-order valence-electron chi connectivity index (χ2n) is 7.28. The Kier molecular flexibility index (Phi) is 3.55. The highest BCUT2D eigenvalue weighted by molar-refractivity contribution is 5.38. The summed E-state index contributed by atoms with van der Waals surface area (Å²) in [6, 6.07) is 4.16. The molecule has 1 aliphatic carbocycles. The van der Waals surface area contributed by atoms with Gasteiger partial charge in [0.1, 0.15) is 5.76 Å². The third-order valence-electron chi connectivity index (χ3n) is 5.28. The van der Waals surface area contributed by atoms with E-state index in [4.69, 9.17) is 9.52 Å². The molecule has 7 nitrogen and oxygen atoms in total. The molecule has 3 aromatic rings. The first kappa shape index (κ1) is 15.0. The number of rotatable bonds is 4. The summed E-state index contributed by atoms with van der Waals surface area (Å²) in [5, 5.41) is 13.6. The van der Waals surface area contributed by atoms with Crippen LogP contribution in [0.15, 0.2) is 22.7 Å². The zero-order valence-electron chi connectivity index (χ0n) is 14.4. The Morgan fingerprint density at radius 3 is 2.64 bits per heavy atom. The topological polar surface area (TPSA) is 72.4 Å². The second-order valence-corrected chi connectivity index (χ2v) is 7.28. The van der Waals surface area contributed by atoms with Crippen LogP contribution in [0.3, 0.4) is 0 Å². The molecule has 1 saturated carbocycles. The van der Waals surface area contributed by atoms with Crippen LogP contribution in [-0.2, 0) is 6.54 Å². The van der Waals surface area contributed by atoms with Crippen LogP contribution in [0.25, 0.3) is 5.65 Å². The minimum Gasteiger partial charge on any atom is -0.445 e. The van der Waals surface area contributed by atoms with Gasteiger partial charge in [-0.25, -0.2) is 4.98 Å². The quantitative estimate of drug-likeness (QED) is 0.728. The van der Waals surface area contributed by atoms with E-state index in [-0.39, 0.29) is 0 Å². The first-order valence-corrected chi connectivity index (χ1v) is 9.12. The molecule has 25 heavy (non-hydrogen) atoms. The number of hydrogen-bond acceptors (Lipinski definition) is 6. The van der Waals surface area contributed by atoms with Crippen molar-refractivity contribution in [2.24, 2.45) is 0 Å². The number of hydrogen-bond donors (Lipinski definition) is 0. The molecule has 130 valence electrons. The van der Waals surface area contributed by atoms with E-state index < -0.39 is 0 Å². The predicted octanol–water partition coefficient (Wildman–Crippen LogP) is 2.68. The summed E-state index contributed by atoms with van der Waals surface area (Å²) < 4.78 is 7.57. The smallest absolute Gasteiger partial charge is 0.208 e. The molecule has 0 aromatic carbocycles. The molecular formula is C18H22N6O. The number of nitrogens with zero attached hydrogens (tertiary/aromatic N) is 6. The molecule has 0 radical (unpaired) electrons. The van der Waals surface area contributed by atoms with Crippen molar-refractivity contribution in [3.05, 3.63) is 41.5 Å². The monoisotopic (exact) mass is 338 g/mol. The highest BCUT2D eigenvalue weighted by Crippen LogP contribution is 2.39. The van der Waals surface area contributed by atoms with Gasteiger partial charge in [-0.05, 0) is 57.8 Å². The van der Waals surface area contributed by atoms with Gasteiger partial charge in [0.2, 0.25) is 5.89 Å². The van der Waals surface area contributed by atoms with Gasteiger partial charge in [0.05, 0.1) is 18.4 Å². The molecule has 0 amide bonds. The fourth-order valence-corrected chi connectivity index (χ4v) is 3.69. The maximum Gasteiger partial charge on any atom is 0.208 e. The van der Waals surface area contributed by atoms with Gasteiger partial charge in [0, 0.05) is 11.8 Å². The van der Waals surface area contributed by atoms with Crippen LogP contribution in [0.4, 0.5) is 0 Å². The zero-order chi connectivity index (χ0) is 16.8. The molecule has 3 aromatic heterocycles. The maximum atomic E-state index is 5.60. The van der Waals surface area contributed by atoms with E-state index in [9.17, 15) is 0 Å². The normalized spacial score (nSPS) is 19.7. The fraction of sp³-hybridized carbons (Fsp3) is 0.556. The summed E-state index contributed by atoms with van der Waals surface area (Å²) in [6.45, 7) is 4.75. The highest BCUT2D eigenvalue weighted by Gasteiger charge is 2.28. The molecule has 1 aliphatic heterocycles. The molecule has 2 fully saturated rings. The maximum absolute atomic E-state index is 5.60. The van der Waals surface area contributed by atoms with Crippen LogP contribution in [-0.4, -0.2) is 42.8 Å². The van der Waals surface area contributed by atoms with Crippen LogP contribution in [0.2, 0.25) is 0 Å². The molecule has 4 heterocycles. The molecule has 0 spiro atoms. The lowest BCUT2D eigenvalue weighted by atomic mass is 9.96. The number of fused-ring (bicyclic) bond motifs is 1. The SMILES string of the molecule is Cc1cnc(CN2CCC(c3nnc4ccc(C5CC5)nn34)CC2)o1. The predicted molar refractivity (Wildman–Crippen MR) is 91.2 cm³/mol. The molecular weight excluding hydrogens is 316 g/mol. The highest BCUT2D eigenvalue weighted by atomic mass is 16.4. The number of oxazole rings is 1. The van der Waals surface area contributed by atoms with E-state index in [2.05, 4.69) is 32.2 Å². The van der Waals surface area contributed by atoms with E-state index in [0.29, 0.717) is 11.8 Å². The van der Waals surface area contributed by atoms with Crippen molar-refractivity contribution in [1.29, 1.82) is 0 Å². The Labute approximate surface area is 146 Å². The Hall–Kier alpha value is -2.28. The average molecular weight is 338 g/mol. The van der Waals surface area contributed by atoms with Gasteiger partial charge in [0.15, 0.2) is 11.5 Å². The Bertz CT molecular complexity index is 888. The molecule has 0 N–H and O–H groups in total. The van der Waals surface area contributed by atoms with E-state index in [1.165, 1.54) is 18.5 Å². The van der Waals surface area contributed by atoms with E-state index >= 15 is 0 Å². The lowest BCUT2D eigenvalue weighted by Gasteiger charge is -2.29. The summed E-state index contributed by atoms with van der Waals surface area (Å²) in [5.41, 5.74) is 2.04. The van der Waals surface area contributed by atoms with E-state index in [0.717, 1.165) is 55.6 Å². The Balaban J connectivity index is 1.30. The summed E-state index contributed by atoms with van der Waals surface area (Å²) >= 11 is 0. The summed E-state index contributed by atoms with van der Waals surface area (Å²) in [5.74, 6) is 3.76.